The quantitative estimate of drug-likeness (QED) is 0.923. The fourth-order valence-electron chi connectivity index (χ4n) is 2.83. The lowest BCUT2D eigenvalue weighted by Crippen LogP contribution is -2.37. The van der Waals surface area contributed by atoms with Crippen LogP contribution in [-0.4, -0.2) is 49.6 Å². The molecule has 2 unspecified atom stereocenters. The predicted octanol–water partition coefficient (Wildman–Crippen LogP) is 1.93. The highest BCUT2D eigenvalue weighted by Crippen LogP contribution is 2.20. The molecule has 1 N–H and O–H groups in total. The van der Waals surface area contributed by atoms with E-state index in [2.05, 4.69) is 4.90 Å². The predicted molar refractivity (Wildman–Crippen MR) is 85.1 cm³/mol. The Morgan fingerprint density at radius 2 is 1.95 bits per heavy atom. The summed E-state index contributed by atoms with van der Waals surface area (Å²) in [4.78, 5) is 2.09. The Bertz CT molecular complexity index is 553. The molecule has 2 rings (SSSR count). The normalized spacial score (nSPS) is 22.7. The van der Waals surface area contributed by atoms with Crippen LogP contribution in [0.25, 0.3) is 0 Å². The van der Waals surface area contributed by atoms with Gasteiger partial charge < -0.3 is 5.11 Å². The number of nitrogens with zero attached hydrogens (tertiary/aromatic N) is 1. The average molecular weight is 311 g/mol. The van der Waals surface area contributed by atoms with Gasteiger partial charge in [-0.15, -0.1) is 0 Å². The van der Waals surface area contributed by atoms with Gasteiger partial charge in [-0.1, -0.05) is 36.2 Å². The van der Waals surface area contributed by atoms with Crippen LogP contribution in [0.5, 0.6) is 0 Å². The van der Waals surface area contributed by atoms with E-state index in [1.54, 1.807) is 0 Å². The van der Waals surface area contributed by atoms with E-state index in [1.165, 1.54) is 6.26 Å². The largest absolute Gasteiger partial charge is 0.387 e. The molecule has 5 heteroatoms. The molecule has 0 radical (unpaired) electrons. The highest BCUT2D eigenvalue weighted by Gasteiger charge is 2.27. The number of likely N-dealkylation sites (tertiary alicyclic amines) is 1. The van der Waals surface area contributed by atoms with Gasteiger partial charge in [-0.3, -0.25) is 4.90 Å². The van der Waals surface area contributed by atoms with Crippen molar-refractivity contribution in [1.29, 1.82) is 0 Å². The van der Waals surface area contributed by atoms with E-state index in [-0.39, 0.29) is 5.25 Å². The Hall–Kier alpha value is -0.910. The van der Waals surface area contributed by atoms with Gasteiger partial charge >= 0.3 is 0 Å². The molecule has 4 nitrogen and oxygen atoms in total. The Labute approximate surface area is 127 Å². The molecule has 0 saturated carbocycles. The molecule has 1 aromatic carbocycles. The van der Waals surface area contributed by atoms with Crippen LogP contribution in [0.2, 0.25) is 0 Å². The lowest BCUT2D eigenvalue weighted by Gasteiger charge is -2.26. The van der Waals surface area contributed by atoms with Gasteiger partial charge in [0.1, 0.15) is 0 Å². The van der Waals surface area contributed by atoms with Crippen molar-refractivity contribution in [1.82, 2.24) is 4.90 Å². The van der Waals surface area contributed by atoms with Crippen LogP contribution in [0.4, 0.5) is 0 Å². The number of rotatable bonds is 4. The zero-order valence-corrected chi connectivity index (χ0v) is 13.6. The van der Waals surface area contributed by atoms with Crippen LogP contribution in [0.3, 0.4) is 0 Å². The number of aliphatic hydroxyl groups is 1. The number of aliphatic hydroxyl groups excluding tert-OH is 1. The first-order valence-corrected chi connectivity index (χ1v) is 9.47. The summed E-state index contributed by atoms with van der Waals surface area (Å²) in [6.45, 7) is 3.90. The van der Waals surface area contributed by atoms with Crippen molar-refractivity contribution in [3.63, 3.8) is 0 Å². The number of hydrogen-bond acceptors (Lipinski definition) is 4. The third kappa shape index (κ3) is 4.80. The molecule has 1 heterocycles. The van der Waals surface area contributed by atoms with Crippen molar-refractivity contribution in [2.24, 2.45) is 0 Å². The molecule has 1 aliphatic heterocycles. The molecular weight excluding hydrogens is 286 g/mol. The van der Waals surface area contributed by atoms with E-state index >= 15 is 0 Å². The van der Waals surface area contributed by atoms with Gasteiger partial charge in [-0.05, 0) is 31.9 Å². The second kappa shape index (κ2) is 6.90. The fraction of sp³-hybridized carbons (Fsp3) is 0.625. The van der Waals surface area contributed by atoms with Gasteiger partial charge in [0.25, 0.3) is 0 Å². The lowest BCUT2D eigenvalue weighted by atomic mass is 10.1. The summed E-state index contributed by atoms with van der Waals surface area (Å²) in [6, 6.07) is 7.85. The highest BCUT2D eigenvalue weighted by atomic mass is 32.2. The number of β-amino-alcohol motifs (C(OH)–C–C–N with tert-alkyl or cyclic N) is 1. The molecule has 0 aromatic heterocycles. The minimum Gasteiger partial charge on any atom is -0.387 e. The van der Waals surface area contributed by atoms with Crippen molar-refractivity contribution in [3.05, 3.63) is 35.4 Å². The van der Waals surface area contributed by atoms with Crippen molar-refractivity contribution >= 4 is 9.84 Å². The second-order valence-corrected chi connectivity index (χ2v) is 8.46. The first-order chi connectivity index (χ1) is 9.86. The molecule has 0 spiro atoms. The first kappa shape index (κ1) is 16.5. The molecular formula is C16H25NO3S. The van der Waals surface area contributed by atoms with Gasteiger partial charge in [0.2, 0.25) is 0 Å². The number of benzene rings is 1. The molecule has 21 heavy (non-hydrogen) atoms. The van der Waals surface area contributed by atoms with Crippen molar-refractivity contribution in [2.45, 2.75) is 37.5 Å². The van der Waals surface area contributed by atoms with Gasteiger partial charge in [0, 0.05) is 19.3 Å². The second-order valence-electron chi connectivity index (χ2n) is 6.13. The van der Waals surface area contributed by atoms with Crippen LogP contribution in [0.15, 0.2) is 24.3 Å². The molecule has 0 bridgehead atoms. The lowest BCUT2D eigenvalue weighted by molar-refractivity contribution is 0.115. The monoisotopic (exact) mass is 311 g/mol. The smallest absolute Gasteiger partial charge is 0.151 e. The Balaban J connectivity index is 2.01. The van der Waals surface area contributed by atoms with Gasteiger partial charge in [0.05, 0.1) is 11.4 Å². The van der Waals surface area contributed by atoms with Crippen LogP contribution >= 0.6 is 0 Å². The maximum Gasteiger partial charge on any atom is 0.151 e. The summed E-state index contributed by atoms with van der Waals surface area (Å²) in [5.74, 6) is 0. The Morgan fingerprint density at radius 3 is 2.57 bits per heavy atom. The van der Waals surface area contributed by atoms with Crippen LogP contribution in [0.1, 0.15) is 36.5 Å². The molecule has 118 valence electrons. The van der Waals surface area contributed by atoms with E-state index < -0.39 is 15.9 Å². The zero-order valence-electron chi connectivity index (χ0n) is 12.8. The molecule has 1 aliphatic rings. The minimum absolute atomic E-state index is 0.301. The van der Waals surface area contributed by atoms with Gasteiger partial charge in [-0.25, -0.2) is 8.42 Å². The third-order valence-corrected chi connectivity index (χ3v) is 5.81. The summed E-state index contributed by atoms with van der Waals surface area (Å²) < 4.78 is 23.6. The number of aryl methyl sites for hydroxylation is 1. The average Bonchev–Trinajstić information content (AvgIpc) is 2.64. The van der Waals surface area contributed by atoms with E-state index in [0.29, 0.717) is 13.1 Å². The molecule has 0 aliphatic carbocycles. The molecule has 1 saturated heterocycles. The van der Waals surface area contributed by atoms with E-state index in [9.17, 15) is 13.5 Å². The van der Waals surface area contributed by atoms with E-state index in [4.69, 9.17) is 0 Å². The minimum atomic E-state index is -3.01. The molecule has 0 amide bonds. The van der Waals surface area contributed by atoms with Crippen molar-refractivity contribution < 1.29 is 13.5 Å². The standard InChI is InChI=1S/C16H25NO3S/c1-13-6-8-14(9-7-13)16(18)12-17-10-4-3-5-15(11-17)21(2,19)20/h6-9,15-16,18H,3-5,10-12H2,1-2H3. The summed E-state index contributed by atoms with van der Waals surface area (Å²) in [5.41, 5.74) is 2.05. The third-order valence-electron chi connectivity index (χ3n) is 4.21. The highest BCUT2D eigenvalue weighted by molar-refractivity contribution is 7.91. The number of hydrogen-bond donors (Lipinski definition) is 1. The van der Waals surface area contributed by atoms with Crippen LogP contribution in [0, 0.1) is 6.92 Å². The van der Waals surface area contributed by atoms with Crippen molar-refractivity contribution in [2.75, 3.05) is 25.9 Å². The zero-order chi connectivity index (χ0) is 15.5. The van der Waals surface area contributed by atoms with Gasteiger partial charge in [0.15, 0.2) is 9.84 Å². The summed E-state index contributed by atoms with van der Waals surface area (Å²) in [6.07, 6.45) is 3.42. The SMILES string of the molecule is Cc1ccc(C(O)CN2CCCCC(S(C)(=O)=O)C2)cc1. The fourth-order valence-corrected chi connectivity index (χ4v) is 3.91. The summed E-state index contributed by atoms with van der Waals surface area (Å²) in [7, 11) is -3.01. The van der Waals surface area contributed by atoms with Crippen LogP contribution in [-0.2, 0) is 9.84 Å². The van der Waals surface area contributed by atoms with E-state index in [0.717, 1.165) is 36.9 Å². The Morgan fingerprint density at radius 1 is 1.29 bits per heavy atom. The topological polar surface area (TPSA) is 57.6 Å². The molecule has 1 fully saturated rings. The van der Waals surface area contributed by atoms with Crippen LogP contribution < -0.4 is 0 Å². The Kier molecular flexibility index (Phi) is 5.41. The summed E-state index contributed by atoms with van der Waals surface area (Å²) in [5, 5.41) is 10.1. The van der Waals surface area contributed by atoms with Gasteiger partial charge in [-0.2, -0.15) is 0 Å². The first-order valence-electron chi connectivity index (χ1n) is 7.52. The molecule has 1 aromatic rings. The number of sulfone groups is 1. The van der Waals surface area contributed by atoms with E-state index in [1.807, 2.05) is 31.2 Å². The molecule has 2 atom stereocenters. The maximum atomic E-state index is 11.8. The summed E-state index contributed by atoms with van der Waals surface area (Å²) >= 11 is 0. The van der Waals surface area contributed by atoms with Crippen molar-refractivity contribution in [3.8, 4) is 0 Å². The maximum absolute atomic E-state index is 11.8.